The number of fused-ring (bicyclic) bond motifs is 3. The first-order chi connectivity index (χ1) is 21.8. The largest absolute Gasteiger partial charge is 0.356 e. The van der Waals surface area contributed by atoms with Crippen molar-refractivity contribution in [2.45, 2.75) is 52.9 Å². The van der Waals surface area contributed by atoms with Crippen molar-refractivity contribution in [2.24, 2.45) is 0 Å². The number of hydrogen-bond acceptors (Lipinski definition) is 3. The lowest BCUT2D eigenvalue weighted by Crippen LogP contribution is -2.20. The normalized spacial score (nSPS) is 19.7. The van der Waals surface area contributed by atoms with Crippen LogP contribution in [0.3, 0.4) is 0 Å². The van der Waals surface area contributed by atoms with Crippen molar-refractivity contribution < 1.29 is 0 Å². The highest BCUT2D eigenvalue weighted by atomic mass is 32.1. The van der Waals surface area contributed by atoms with Gasteiger partial charge in [0.2, 0.25) is 0 Å². The second-order valence-electron chi connectivity index (χ2n) is 11.5. The molecule has 0 aromatic heterocycles. The Morgan fingerprint density at radius 1 is 0.956 bits per heavy atom. The van der Waals surface area contributed by atoms with Crippen molar-refractivity contribution in [2.75, 3.05) is 10.2 Å². The summed E-state index contributed by atoms with van der Waals surface area (Å²) in [6.07, 6.45) is 30.3. The van der Waals surface area contributed by atoms with Crippen LogP contribution in [0.25, 0.3) is 11.1 Å². The van der Waals surface area contributed by atoms with E-state index in [4.69, 9.17) is 0 Å². The van der Waals surface area contributed by atoms with Crippen LogP contribution in [-0.4, -0.2) is 0 Å². The summed E-state index contributed by atoms with van der Waals surface area (Å²) in [5, 5.41) is 5.27. The first-order valence-electron chi connectivity index (χ1n) is 15.7. The second kappa shape index (κ2) is 16.6. The summed E-state index contributed by atoms with van der Waals surface area (Å²) in [5.74, 6) is 0. The topological polar surface area (TPSA) is 15.3 Å². The molecular weight excluding hydrogens is 565 g/mol. The van der Waals surface area contributed by atoms with Gasteiger partial charge >= 0.3 is 0 Å². The van der Waals surface area contributed by atoms with Crippen LogP contribution in [0.15, 0.2) is 168 Å². The molecule has 0 saturated carbocycles. The predicted octanol–water partition coefficient (Wildman–Crippen LogP) is 12.1. The molecule has 1 N–H and O–H groups in total. The Labute approximate surface area is 276 Å². The summed E-state index contributed by atoms with van der Waals surface area (Å²) in [4.78, 5) is 2.20. The van der Waals surface area contributed by atoms with Crippen LogP contribution < -0.4 is 10.2 Å². The quantitative estimate of drug-likeness (QED) is 0.185. The molecule has 0 spiro atoms. The van der Waals surface area contributed by atoms with Crippen LogP contribution in [0.1, 0.15) is 57.6 Å². The Morgan fingerprint density at radius 2 is 1.80 bits per heavy atom. The number of thiol groups is 1. The van der Waals surface area contributed by atoms with Gasteiger partial charge in [-0.15, -0.1) is 0 Å². The summed E-state index contributed by atoms with van der Waals surface area (Å²) >= 11 is 4.13. The molecule has 0 amide bonds. The number of hydrogen-bond donors (Lipinski definition) is 2. The van der Waals surface area contributed by atoms with Gasteiger partial charge in [-0.1, -0.05) is 105 Å². The SMILES string of the molecule is C=C(/C=C(\C=C/CC)C/C=C\C=C/S)Nc1ccc2c(c1)-c1cccc(N3C(=C)/C=C\C(C)=C/CC/C=C\C(C)=C/C3=C)c1C2. The molecule has 2 aromatic rings. The second-order valence-corrected chi connectivity index (χ2v) is 11.8. The van der Waals surface area contributed by atoms with Crippen LogP contribution >= 0.6 is 12.6 Å². The number of allylic oxidation sites excluding steroid dienone is 15. The van der Waals surface area contributed by atoms with Gasteiger partial charge < -0.3 is 10.2 Å². The molecule has 1 aliphatic carbocycles. The molecule has 2 nitrogen and oxygen atoms in total. The molecule has 2 aromatic carbocycles. The van der Waals surface area contributed by atoms with Crippen molar-refractivity contribution in [3.05, 3.63) is 179 Å². The zero-order chi connectivity index (χ0) is 32.2. The maximum Gasteiger partial charge on any atom is 0.0502 e. The van der Waals surface area contributed by atoms with Gasteiger partial charge in [-0.2, -0.15) is 12.6 Å². The third-order valence-electron chi connectivity index (χ3n) is 7.77. The molecule has 0 atom stereocenters. The summed E-state index contributed by atoms with van der Waals surface area (Å²) in [6.45, 7) is 19.7. The average Bonchev–Trinajstić information content (AvgIpc) is 3.39. The Morgan fingerprint density at radius 3 is 2.60 bits per heavy atom. The number of nitrogens with one attached hydrogen (secondary N) is 1. The van der Waals surface area contributed by atoms with Gasteiger partial charge in [0.1, 0.15) is 0 Å². The third kappa shape index (κ3) is 9.26. The highest BCUT2D eigenvalue weighted by molar-refractivity contribution is 7.83. The van der Waals surface area contributed by atoms with Gasteiger partial charge in [0.15, 0.2) is 0 Å². The fourth-order valence-corrected chi connectivity index (χ4v) is 5.71. The molecule has 0 saturated heterocycles. The van der Waals surface area contributed by atoms with Gasteiger partial charge in [0.25, 0.3) is 0 Å². The van der Waals surface area contributed by atoms with Crippen LogP contribution in [-0.2, 0) is 6.42 Å². The van der Waals surface area contributed by atoms with Gasteiger partial charge in [-0.05, 0) is 115 Å². The number of nitrogens with zero attached hydrogens (tertiary/aromatic N) is 1. The van der Waals surface area contributed by atoms with Crippen LogP contribution in [0, 0.1) is 0 Å². The van der Waals surface area contributed by atoms with E-state index in [-0.39, 0.29) is 0 Å². The number of benzene rings is 2. The highest BCUT2D eigenvalue weighted by Crippen LogP contribution is 2.44. The Kier molecular flexibility index (Phi) is 12.3. The zero-order valence-electron chi connectivity index (χ0n) is 27.0. The van der Waals surface area contributed by atoms with E-state index in [2.05, 4.69) is 161 Å². The van der Waals surface area contributed by atoms with E-state index in [1.54, 1.807) is 5.41 Å². The van der Waals surface area contributed by atoms with Crippen LogP contribution in [0.5, 0.6) is 0 Å². The third-order valence-corrected chi connectivity index (χ3v) is 7.94. The number of anilines is 2. The van der Waals surface area contributed by atoms with Crippen molar-refractivity contribution in [3.63, 3.8) is 0 Å². The standard InChI is InChI=1S/C42H46N2S/c1-7-8-18-36(19-13-10-14-26-45)28-33(4)43-38-25-24-37-29-41-39(40(37)30-38)20-15-21-42(41)44-34(5)23-22-31(2)16-11-9-12-17-32(3)27-35(44)6/h8,10,12-18,20-28,30,43,45H,4-7,9,11,19,29H2,1-3H3/b13-10-,17-12-,18-8-,23-22-,26-14-,31-16-,32-27-,36-28+. The molecule has 1 heterocycles. The molecule has 0 fully saturated rings. The van der Waals surface area contributed by atoms with Crippen molar-refractivity contribution >= 4 is 24.0 Å². The van der Waals surface area contributed by atoms with E-state index in [9.17, 15) is 0 Å². The van der Waals surface area contributed by atoms with Gasteiger partial charge in [-0.25, -0.2) is 0 Å². The van der Waals surface area contributed by atoms with E-state index in [1.165, 1.54) is 39.0 Å². The molecule has 3 heteroatoms. The molecule has 0 radical (unpaired) electrons. The first-order valence-corrected chi connectivity index (χ1v) is 16.2. The highest BCUT2D eigenvalue weighted by Gasteiger charge is 2.25. The van der Waals surface area contributed by atoms with Crippen molar-refractivity contribution in [1.82, 2.24) is 0 Å². The first kappa shape index (κ1) is 33.4. The van der Waals surface area contributed by atoms with E-state index in [1.807, 2.05) is 12.2 Å². The summed E-state index contributed by atoms with van der Waals surface area (Å²) in [6, 6.07) is 13.2. The molecule has 230 valence electrons. The Bertz CT molecular complexity index is 1680. The molecule has 45 heavy (non-hydrogen) atoms. The maximum absolute atomic E-state index is 4.50. The minimum atomic E-state index is 0.818. The lowest BCUT2D eigenvalue weighted by atomic mass is 10.0. The zero-order valence-corrected chi connectivity index (χ0v) is 27.9. The van der Waals surface area contributed by atoms with E-state index < -0.39 is 0 Å². The molecule has 4 rings (SSSR count). The average molecular weight is 611 g/mol. The van der Waals surface area contributed by atoms with Crippen LogP contribution in [0.4, 0.5) is 11.4 Å². The monoisotopic (exact) mass is 610 g/mol. The Balaban J connectivity index is 1.65. The minimum Gasteiger partial charge on any atom is -0.356 e. The van der Waals surface area contributed by atoms with Gasteiger partial charge in [-0.3, -0.25) is 0 Å². The lowest BCUT2D eigenvalue weighted by Gasteiger charge is -2.28. The number of rotatable bonds is 9. The van der Waals surface area contributed by atoms with E-state index in [0.717, 1.165) is 60.6 Å². The fraction of sp³-hybridized carbons (Fsp3) is 0.190. The van der Waals surface area contributed by atoms with Crippen molar-refractivity contribution in [3.8, 4) is 11.1 Å². The van der Waals surface area contributed by atoms with Gasteiger partial charge in [0, 0.05) is 29.2 Å². The van der Waals surface area contributed by atoms with E-state index in [0.29, 0.717) is 0 Å². The molecule has 0 bridgehead atoms. The maximum atomic E-state index is 4.50. The molecular formula is C42H46N2S. The summed E-state index contributed by atoms with van der Waals surface area (Å²) < 4.78 is 0. The molecule has 2 aliphatic rings. The lowest BCUT2D eigenvalue weighted by molar-refractivity contribution is 1.04. The smallest absolute Gasteiger partial charge is 0.0502 e. The van der Waals surface area contributed by atoms with E-state index >= 15 is 0 Å². The van der Waals surface area contributed by atoms with Crippen LogP contribution in [0.2, 0.25) is 0 Å². The summed E-state index contributed by atoms with van der Waals surface area (Å²) in [7, 11) is 0. The molecule has 0 unspecified atom stereocenters. The predicted molar refractivity (Wildman–Crippen MR) is 203 cm³/mol. The molecule has 1 aliphatic heterocycles. The fourth-order valence-electron chi connectivity index (χ4n) is 5.61. The van der Waals surface area contributed by atoms with Crippen molar-refractivity contribution in [1.29, 1.82) is 0 Å². The summed E-state index contributed by atoms with van der Waals surface area (Å²) in [5.41, 5.74) is 13.4. The van der Waals surface area contributed by atoms with Gasteiger partial charge in [0.05, 0.1) is 5.69 Å². The Hall–Kier alpha value is -4.47. The minimum absolute atomic E-state index is 0.818.